The van der Waals surface area contributed by atoms with Crippen molar-refractivity contribution in [1.29, 1.82) is 0 Å². The standard InChI is InChI=1S/C20H23N3O3/c1-22-13-16(19(25)23(2)20(22)26)10-11-18(24)21-12-15-8-5-7-14-6-3-4-9-17(14)15/h3-4,6,9-11,13,15H,5,7-8,12H2,1-2H3,(H,21,24)/b11-10+. The number of hydrogen-bond acceptors (Lipinski definition) is 3. The fraction of sp³-hybridized carbons (Fsp3) is 0.350. The van der Waals surface area contributed by atoms with E-state index >= 15 is 0 Å². The van der Waals surface area contributed by atoms with Crippen LogP contribution in [0, 0.1) is 0 Å². The van der Waals surface area contributed by atoms with Gasteiger partial charge in [-0.1, -0.05) is 24.3 Å². The van der Waals surface area contributed by atoms with Gasteiger partial charge in [-0.25, -0.2) is 4.79 Å². The lowest BCUT2D eigenvalue weighted by Crippen LogP contribution is -2.37. The average Bonchev–Trinajstić information content (AvgIpc) is 2.66. The molecular weight excluding hydrogens is 330 g/mol. The van der Waals surface area contributed by atoms with Crippen LogP contribution in [0.25, 0.3) is 6.08 Å². The van der Waals surface area contributed by atoms with E-state index in [0.29, 0.717) is 18.0 Å². The number of carbonyl (C=O) groups is 1. The van der Waals surface area contributed by atoms with E-state index < -0.39 is 11.2 Å². The Labute approximate surface area is 151 Å². The highest BCUT2D eigenvalue weighted by molar-refractivity contribution is 5.91. The van der Waals surface area contributed by atoms with Crippen molar-refractivity contribution in [2.75, 3.05) is 6.54 Å². The number of fused-ring (bicyclic) bond motifs is 1. The van der Waals surface area contributed by atoms with E-state index in [9.17, 15) is 14.4 Å². The number of carbonyl (C=O) groups excluding carboxylic acids is 1. The molecule has 6 nitrogen and oxygen atoms in total. The molecule has 3 rings (SSSR count). The predicted octanol–water partition coefficient (Wildman–Crippen LogP) is 1.33. The van der Waals surface area contributed by atoms with Gasteiger partial charge in [-0.3, -0.25) is 14.2 Å². The second-order valence-electron chi connectivity index (χ2n) is 6.71. The third-order valence-corrected chi connectivity index (χ3v) is 4.90. The molecule has 0 aliphatic heterocycles. The normalized spacial score (nSPS) is 16.5. The Bertz CT molecular complexity index is 969. The molecule has 0 saturated carbocycles. The third kappa shape index (κ3) is 3.69. The molecule has 1 amide bonds. The second kappa shape index (κ2) is 7.56. The van der Waals surface area contributed by atoms with E-state index in [4.69, 9.17) is 0 Å². The van der Waals surface area contributed by atoms with E-state index in [0.717, 1.165) is 23.8 Å². The molecule has 1 aliphatic rings. The van der Waals surface area contributed by atoms with Gasteiger partial charge in [0.25, 0.3) is 5.56 Å². The van der Waals surface area contributed by atoms with Gasteiger partial charge >= 0.3 is 5.69 Å². The molecule has 0 fully saturated rings. The van der Waals surface area contributed by atoms with E-state index in [1.54, 1.807) is 7.05 Å². The van der Waals surface area contributed by atoms with Crippen LogP contribution in [0.1, 0.15) is 35.4 Å². The number of nitrogens with one attached hydrogen (secondary N) is 1. The van der Waals surface area contributed by atoms with E-state index in [2.05, 4.69) is 23.5 Å². The maximum Gasteiger partial charge on any atom is 0.330 e. The minimum Gasteiger partial charge on any atom is -0.352 e. The van der Waals surface area contributed by atoms with Crippen molar-refractivity contribution in [2.45, 2.75) is 25.2 Å². The molecule has 1 heterocycles. The highest BCUT2D eigenvalue weighted by Crippen LogP contribution is 2.30. The zero-order valence-electron chi connectivity index (χ0n) is 15.1. The van der Waals surface area contributed by atoms with Crippen molar-refractivity contribution in [3.8, 4) is 0 Å². The van der Waals surface area contributed by atoms with Crippen molar-refractivity contribution in [1.82, 2.24) is 14.5 Å². The summed E-state index contributed by atoms with van der Waals surface area (Å²) in [5, 5.41) is 2.92. The Morgan fingerprint density at radius 2 is 2.04 bits per heavy atom. The van der Waals surface area contributed by atoms with Crippen LogP contribution in [0.3, 0.4) is 0 Å². The number of hydrogen-bond donors (Lipinski definition) is 1. The van der Waals surface area contributed by atoms with Gasteiger partial charge in [-0.05, 0) is 36.5 Å². The molecule has 0 radical (unpaired) electrons. The summed E-state index contributed by atoms with van der Waals surface area (Å²) < 4.78 is 2.34. The maximum absolute atomic E-state index is 12.1. The summed E-state index contributed by atoms with van der Waals surface area (Å²) in [6, 6.07) is 8.37. The summed E-state index contributed by atoms with van der Waals surface area (Å²) in [7, 11) is 2.99. The summed E-state index contributed by atoms with van der Waals surface area (Å²) in [4.78, 5) is 35.9. The third-order valence-electron chi connectivity index (χ3n) is 4.90. The molecular formula is C20H23N3O3. The van der Waals surface area contributed by atoms with Gasteiger partial charge in [0.2, 0.25) is 5.91 Å². The molecule has 1 aromatic heterocycles. The second-order valence-corrected chi connectivity index (χ2v) is 6.71. The van der Waals surface area contributed by atoms with Crippen LogP contribution >= 0.6 is 0 Å². The van der Waals surface area contributed by atoms with Crippen molar-refractivity contribution in [3.05, 3.63) is 74.1 Å². The van der Waals surface area contributed by atoms with Gasteiger partial charge in [0.1, 0.15) is 0 Å². The number of benzene rings is 1. The Morgan fingerprint density at radius 1 is 1.27 bits per heavy atom. The molecule has 136 valence electrons. The molecule has 2 aromatic rings. The Hall–Kier alpha value is -2.89. The lowest BCUT2D eigenvalue weighted by molar-refractivity contribution is -0.116. The Balaban J connectivity index is 1.67. The van der Waals surface area contributed by atoms with Gasteiger partial charge in [0.05, 0.1) is 5.56 Å². The molecule has 0 spiro atoms. The minimum atomic E-state index is -0.418. The van der Waals surface area contributed by atoms with E-state index in [1.807, 2.05) is 6.07 Å². The zero-order chi connectivity index (χ0) is 18.7. The van der Waals surface area contributed by atoms with Crippen molar-refractivity contribution < 1.29 is 4.79 Å². The number of amides is 1. The van der Waals surface area contributed by atoms with Crippen molar-refractivity contribution in [3.63, 3.8) is 0 Å². The van der Waals surface area contributed by atoms with Crippen LogP contribution in [0.5, 0.6) is 0 Å². The lowest BCUT2D eigenvalue weighted by Gasteiger charge is -2.25. The largest absolute Gasteiger partial charge is 0.352 e. The molecule has 1 N–H and O–H groups in total. The molecule has 1 aromatic carbocycles. The van der Waals surface area contributed by atoms with Gasteiger partial charge in [-0.15, -0.1) is 0 Å². The summed E-state index contributed by atoms with van der Waals surface area (Å²) in [6.45, 7) is 0.575. The fourth-order valence-corrected chi connectivity index (χ4v) is 3.47. The zero-order valence-corrected chi connectivity index (χ0v) is 15.1. The van der Waals surface area contributed by atoms with Crippen LogP contribution in [0.2, 0.25) is 0 Å². The van der Waals surface area contributed by atoms with E-state index in [1.165, 1.54) is 41.1 Å². The molecule has 26 heavy (non-hydrogen) atoms. The van der Waals surface area contributed by atoms with Crippen molar-refractivity contribution in [2.24, 2.45) is 14.1 Å². The van der Waals surface area contributed by atoms with Crippen LogP contribution < -0.4 is 16.6 Å². The SMILES string of the molecule is Cn1cc(/C=C/C(=O)NCC2CCCc3ccccc32)c(=O)n(C)c1=O. The summed E-state index contributed by atoms with van der Waals surface area (Å²) in [5.74, 6) is 0.0756. The summed E-state index contributed by atoms with van der Waals surface area (Å²) in [6.07, 6.45) is 7.51. The van der Waals surface area contributed by atoms with Crippen LogP contribution in [0.4, 0.5) is 0 Å². The van der Waals surface area contributed by atoms with Gasteiger partial charge in [0.15, 0.2) is 0 Å². The smallest absolute Gasteiger partial charge is 0.330 e. The Morgan fingerprint density at radius 3 is 2.85 bits per heavy atom. The topological polar surface area (TPSA) is 73.1 Å². The molecule has 0 bridgehead atoms. The number of nitrogens with zero attached hydrogens (tertiary/aromatic N) is 2. The molecule has 1 aliphatic carbocycles. The van der Waals surface area contributed by atoms with Gasteiger partial charge in [-0.2, -0.15) is 0 Å². The van der Waals surface area contributed by atoms with Crippen molar-refractivity contribution >= 4 is 12.0 Å². The fourth-order valence-electron chi connectivity index (χ4n) is 3.47. The van der Waals surface area contributed by atoms with Crippen LogP contribution in [-0.2, 0) is 25.3 Å². The summed E-state index contributed by atoms with van der Waals surface area (Å²) in [5.41, 5.74) is 2.16. The lowest BCUT2D eigenvalue weighted by atomic mass is 9.83. The molecule has 1 unspecified atom stereocenters. The van der Waals surface area contributed by atoms with Gasteiger partial charge < -0.3 is 9.88 Å². The summed E-state index contributed by atoms with van der Waals surface area (Å²) >= 11 is 0. The maximum atomic E-state index is 12.1. The van der Waals surface area contributed by atoms with Crippen LogP contribution in [-0.4, -0.2) is 21.6 Å². The minimum absolute atomic E-state index is 0.246. The quantitative estimate of drug-likeness (QED) is 0.843. The first-order valence-electron chi connectivity index (χ1n) is 8.77. The van der Waals surface area contributed by atoms with Gasteiger partial charge in [0, 0.05) is 38.8 Å². The first-order chi connectivity index (χ1) is 12.5. The number of rotatable bonds is 4. The number of aryl methyl sites for hydroxylation is 2. The first-order valence-corrected chi connectivity index (χ1v) is 8.77. The predicted molar refractivity (Wildman–Crippen MR) is 101 cm³/mol. The molecule has 1 atom stereocenters. The highest BCUT2D eigenvalue weighted by atomic mass is 16.2. The van der Waals surface area contributed by atoms with Crippen LogP contribution in [0.15, 0.2) is 46.1 Å². The highest BCUT2D eigenvalue weighted by Gasteiger charge is 2.19. The van der Waals surface area contributed by atoms with E-state index in [-0.39, 0.29) is 5.91 Å². The monoisotopic (exact) mass is 353 g/mol. The average molecular weight is 353 g/mol. The molecule has 6 heteroatoms. The Kier molecular flexibility index (Phi) is 5.21. The molecule has 0 saturated heterocycles. The first kappa shape index (κ1) is 17.9. The number of aromatic nitrogens is 2.